The molecule has 1 aromatic carbocycles. The molecule has 100 valence electrons. The molecule has 0 aliphatic carbocycles. The van der Waals surface area contributed by atoms with Crippen LogP contribution in [0, 0.1) is 6.92 Å². The fraction of sp³-hybridized carbons (Fsp3) is 0.333. The van der Waals surface area contributed by atoms with E-state index in [-0.39, 0.29) is 11.6 Å². The fourth-order valence-corrected chi connectivity index (χ4v) is 1.78. The van der Waals surface area contributed by atoms with E-state index < -0.39 is 0 Å². The lowest BCUT2D eigenvalue weighted by molar-refractivity contribution is 0.720. The summed E-state index contributed by atoms with van der Waals surface area (Å²) in [6.45, 7) is 6.00. The molecular weight excluding hydrogens is 238 g/mol. The van der Waals surface area contributed by atoms with Crippen molar-refractivity contribution in [3.8, 4) is 5.69 Å². The molecule has 0 saturated heterocycles. The summed E-state index contributed by atoms with van der Waals surface area (Å²) in [5.74, 6) is 0. The number of aryl methyl sites for hydroxylation is 1. The van der Waals surface area contributed by atoms with Gasteiger partial charge in [0.25, 0.3) is 5.56 Å². The summed E-state index contributed by atoms with van der Waals surface area (Å²) in [5.41, 5.74) is 2.24. The van der Waals surface area contributed by atoms with Gasteiger partial charge in [-0.25, -0.2) is 4.68 Å². The second-order valence-corrected chi connectivity index (χ2v) is 4.66. The summed E-state index contributed by atoms with van der Waals surface area (Å²) in [5, 5.41) is 3.08. The molecule has 1 atom stereocenters. The van der Waals surface area contributed by atoms with Gasteiger partial charge in [0.05, 0.1) is 11.3 Å². The number of hydrogen-bond donors (Lipinski definition) is 1. The second-order valence-electron chi connectivity index (χ2n) is 4.66. The maximum Gasteiger partial charge on any atom is 0.280 e. The van der Waals surface area contributed by atoms with Crippen LogP contribution in [-0.4, -0.2) is 22.0 Å². The van der Waals surface area contributed by atoms with Crippen molar-refractivity contribution < 1.29 is 0 Å². The minimum Gasteiger partial charge on any atom is -0.295 e. The molecule has 0 spiro atoms. The SMILES string of the molecule is CCC(C)N=Cc1c(C)[nH]n(-c2ccccc2)c1=O. The molecule has 2 rings (SSSR count). The van der Waals surface area contributed by atoms with E-state index in [4.69, 9.17) is 0 Å². The molecule has 1 unspecified atom stereocenters. The number of nitrogens with zero attached hydrogens (tertiary/aromatic N) is 2. The van der Waals surface area contributed by atoms with Gasteiger partial charge in [-0.1, -0.05) is 25.1 Å². The Morgan fingerprint density at radius 3 is 2.68 bits per heavy atom. The molecule has 0 amide bonds. The summed E-state index contributed by atoms with van der Waals surface area (Å²) in [6.07, 6.45) is 2.65. The molecular formula is C15H19N3O. The van der Waals surface area contributed by atoms with Crippen LogP contribution in [0.15, 0.2) is 40.1 Å². The van der Waals surface area contributed by atoms with Crippen molar-refractivity contribution in [2.75, 3.05) is 0 Å². The number of nitrogens with one attached hydrogen (secondary N) is 1. The summed E-state index contributed by atoms with van der Waals surface area (Å²) < 4.78 is 1.55. The molecule has 0 aliphatic heterocycles. The first-order valence-corrected chi connectivity index (χ1v) is 6.53. The molecule has 19 heavy (non-hydrogen) atoms. The van der Waals surface area contributed by atoms with Crippen molar-refractivity contribution in [3.63, 3.8) is 0 Å². The molecule has 1 N–H and O–H groups in total. The van der Waals surface area contributed by atoms with E-state index in [2.05, 4.69) is 17.0 Å². The smallest absolute Gasteiger partial charge is 0.280 e. The zero-order chi connectivity index (χ0) is 13.8. The summed E-state index contributed by atoms with van der Waals surface area (Å²) >= 11 is 0. The van der Waals surface area contributed by atoms with Crippen LogP contribution in [0.1, 0.15) is 31.5 Å². The number of aromatic amines is 1. The van der Waals surface area contributed by atoms with Gasteiger partial charge in [-0.05, 0) is 32.4 Å². The van der Waals surface area contributed by atoms with E-state index in [1.165, 1.54) is 0 Å². The Balaban J connectivity index is 2.41. The van der Waals surface area contributed by atoms with E-state index in [1.54, 1.807) is 10.9 Å². The number of para-hydroxylation sites is 1. The Morgan fingerprint density at radius 1 is 1.37 bits per heavy atom. The number of hydrogen-bond acceptors (Lipinski definition) is 2. The standard InChI is InChI=1S/C15H19N3O/c1-4-11(2)16-10-14-12(3)17-18(15(14)19)13-8-6-5-7-9-13/h5-11,17H,4H2,1-3H3. The lowest BCUT2D eigenvalue weighted by Gasteiger charge is -1.99. The molecule has 4 nitrogen and oxygen atoms in total. The predicted octanol–water partition coefficient (Wildman–Crippen LogP) is 2.69. The first-order valence-electron chi connectivity index (χ1n) is 6.53. The van der Waals surface area contributed by atoms with E-state index in [9.17, 15) is 4.79 Å². The van der Waals surface area contributed by atoms with Crippen LogP contribution in [0.3, 0.4) is 0 Å². The summed E-state index contributed by atoms with van der Waals surface area (Å²) in [6, 6.07) is 9.77. The quantitative estimate of drug-likeness (QED) is 0.841. The van der Waals surface area contributed by atoms with Crippen LogP contribution in [0.25, 0.3) is 5.69 Å². The molecule has 2 aromatic rings. The Hall–Kier alpha value is -2.10. The van der Waals surface area contributed by atoms with Crippen molar-refractivity contribution in [3.05, 3.63) is 51.9 Å². The van der Waals surface area contributed by atoms with Gasteiger partial charge < -0.3 is 0 Å². The number of rotatable bonds is 4. The summed E-state index contributed by atoms with van der Waals surface area (Å²) in [7, 11) is 0. The van der Waals surface area contributed by atoms with Crippen LogP contribution in [0.4, 0.5) is 0 Å². The van der Waals surface area contributed by atoms with Crippen LogP contribution >= 0.6 is 0 Å². The zero-order valence-corrected chi connectivity index (χ0v) is 11.6. The molecule has 1 aromatic heterocycles. The Kier molecular flexibility index (Phi) is 4.00. The molecule has 1 heterocycles. The van der Waals surface area contributed by atoms with E-state index >= 15 is 0 Å². The number of H-pyrrole nitrogens is 1. The highest BCUT2D eigenvalue weighted by atomic mass is 16.1. The second kappa shape index (κ2) is 5.69. The van der Waals surface area contributed by atoms with Crippen molar-refractivity contribution >= 4 is 6.21 Å². The van der Waals surface area contributed by atoms with Gasteiger partial charge in [0.2, 0.25) is 0 Å². The number of aliphatic imine (C=N–C) groups is 1. The van der Waals surface area contributed by atoms with Crippen LogP contribution in [-0.2, 0) is 0 Å². The Labute approximate surface area is 112 Å². The monoisotopic (exact) mass is 257 g/mol. The number of aromatic nitrogens is 2. The maximum atomic E-state index is 12.3. The van der Waals surface area contributed by atoms with Gasteiger partial charge in [-0.15, -0.1) is 0 Å². The van der Waals surface area contributed by atoms with Crippen molar-refractivity contribution in [1.82, 2.24) is 9.78 Å². The highest BCUT2D eigenvalue weighted by Gasteiger charge is 2.10. The van der Waals surface area contributed by atoms with E-state index in [1.807, 2.05) is 44.2 Å². The van der Waals surface area contributed by atoms with Gasteiger partial charge >= 0.3 is 0 Å². The highest BCUT2D eigenvalue weighted by molar-refractivity contribution is 5.80. The first-order chi connectivity index (χ1) is 9.13. The molecule has 0 saturated carbocycles. The molecule has 0 fully saturated rings. The lowest BCUT2D eigenvalue weighted by atomic mass is 10.2. The van der Waals surface area contributed by atoms with Gasteiger partial charge in [0.1, 0.15) is 0 Å². The van der Waals surface area contributed by atoms with Crippen molar-refractivity contribution in [2.45, 2.75) is 33.2 Å². The highest BCUT2D eigenvalue weighted by Crippen LogP contribution is 2.06. The van der Waals surface area contributed by atoms with Crippen LogP contribution < -0.4 is 5.56 Å². The van der Waals surface area contributed by atoms with Gasteiger partial charge in [-0.2, -0.15) is 0 Å². The largest absolute Gasteiger partial charge is 0.295 e. The van der Waals surface area contributed by atoms with E-state index in [0.29, 0.717) is 5.56 Å². The normalized spacial score (nSPS) is 13.0. The Bertz CT molecular complexity index is 623. The van der Waals surface area contributed by atoms with Crippen molar-refractivity contribution in [1.29, 1.82) is 0 Å². The molecule has 4 heteroatoms. The van der Waals surface area contributed by atoms with Gasteiger partial charge in [-0.3, -0.25) is 14.9 Å². The third-order valence-corrected chi connectivity index (χ3v) is 3.18. The minimum atomic E-state index is -0.0595. The van der Waals surface area contributed by atoms with Crippen molar-refractivity contribution in [2.24, 2.45) is 4.99 Å². The van der Waals surface area contributed by atoms with E-state index in [0.717, 1.165) is 17.8 Å². The third kappa shape index (κ3) is 2.84. The average Bonchev–Trinajstić information content (AvgIpc) is 2.72. The predicted molar refractivity (Wildman–Crippen MR) is 78.5 cm³/mol. The molecule has 0 radical (unpaired) electrons. The minimum absolute atomic E-state index is 0.0595. The van der Waals surface area contributed by atoms with Crippen LogP contribution in [0.2, 0.25) is 0 Å². The summed E-state index contributed by atoms with van der Waals surface area (Å²) in [4.78, 5) is 16.7. The molecule has 0 aliphatic rings. The average molecular weight is 257 g/mol. The maximum absolute atomic E-state index is 12.3. The van der Waals surface area contributed by atoms with Gasteiger partial charge in [0, 0.05) is 18.0 Å². The van der Waals surface area contributed by atoms with Crippen LogP contribution in [0.5, 0.6) is 0 Å². The zero-order valence-electron chi connectivity index (χ0n) is 11.6. The topological polar surface area (TPSA) is 50.1 Å². The number of benzene rings is 1. The lowest BCUT2D eigenvalue weighted by Crippen LogP contribution is -2.17. The Morgan fingerprint density at radius 2 is 2.05 bits per heavy atom. The fourth-order valence-electron chi connectivity index (χ4n) is 1.78. The first kappa shape index (κ1) is 13.3. The third-order valence-electron chi connectivity index (χ3n) is 3.18. The van der Waals surface area contributed by atoms with Gasteiger partial charge in [0.15, 0.2) is 0 Å². The molecule has 0 bridgehead atoms.